The second-order valence-corrected chi connectivity index (χ2v) is 5.62. The van der Waals surface area contributed by atoms with Crippen LogP contribution in [0.25, 0.3) is 12.2 Å². The lowest BCUT2D eigenvalue weighted by Crippen LogP contribution is -2.22. The zero-order chi connectivity index (χ0) is 16.8. The molecule has 6 nitrogen and oxygen atoms in total. The van der Waals surface area contributed by atoms with Gasteiger partial charge in [-0.15, -0.1) is 11.3 Å². The summed E-state index contributed by atoms with van der Waals surface area (Å²) >= 11 is 1.22. The molecule has 0 bridgehead atoms. The van der Waals surface area contributed by atoms with E-state index in [1.165, 1.54) is 31.6 Å². The van der Waals surface area contributed by atoms with E-state index in [-0.39, 0.29) is 0 Å². The number of thiazole rings is 1. The number of hydrogen-bond donors (Lipinski definition) is 1. The summed E-state index contributed by atoms with van der Waals surface area (Å²) in [6.45, 7) is 1.47. The van der Waals surface area contributed by atoms with Crippen LogP contribution in [0.4, 0.5) is 0 Å². The van der Waals surface area contributed by atoms with Crippen molar-refractivity contribution >= 4 is 35.4 Å². The van der Waals surface area contributed by atoms with Gasteiger partial charge in [0.1, 0.15) is 15.6 Å². The van der Waals surface area contributed by atoms with Crippen LogP contribution in [0.5, 0.6) is 5.75 Å². The van der Waals surface area contributed by atoms with Crippen LogP contribution in [0.15, 0.2) is 30.5 Å². The van der Waals surface area contributed by atoms with E-state index in [9.17, 15) is 9.59 Å². The van der Waals surface area contributed by atoms with E-state index in [0.717, 1.165) is 5.56 Å². The first-order valence-corrected chi connectivity index (χ1v) is 7.53. The number of methoxy groups -OCH3 is 1. The molecular weight excluding hydrogens is 318 g/mol. The number of carbonyl (C=O) groups is 2. The molecule has 120 valence electrons. The normalized spacial score (nSPS) is 12.1. The van der Waals surface area contributed by atoms with Gasteiger partial charge in [0, 0.05) is 0 Å². The van der Waals surface area contributed by atoms with Crippen molar-refractivity contribution in [1.82, 2.24) is 4.98 Å². The highest BCUT2D eigenvalue weighted by Gasteiger charge is 2.12. The summed E-state index contributed by atoms with van der Waals surface area (Å²) in [6.07, 6.45) is 4.11. The predicted octanol–water partition coefficient (Wildman–Crippen LogP) is 2.95. The standard InChI is InChI=1S/C16H15NO5S/c1-10(15(18)19)22-12-5-3-4-11(8-12)6-7-14-17-9-13(23-14)16(20)21-2/h3-10H,1-2H3,(H,18,19)/b7-6-/t10-/m0/s1. The van der Waals surface area contributed by atoms with Crippen molar-refractivity contribution in [3.8, 4) is 5.75 Å². The molecule has 0 amide bonds. The third kappa shape index (κ3) is 4.65. The van der Waals surface area contributed by atoms with Crippen LogP contribution >= 0.6 is 11.3 Å². The third-order valence-corrected chi connectivity index (χ3v) is 3.79. The number of hydrogen-bond acceptors (Lipinski definition) is 6. The number of rotatable bonds is 6. The first kappa shape index (κ1) is 16.7. The molecule has 0 unspecified atom stereocenters. The first-order valence-electron chi connectivity index (χ1n) is 6.71. The average Bonchev–Trinajstić information content (AvgIpc) is 3.01. The van der Waals surface area contributed by atoms with Gasteiger partial charge >= 0.3 is 11.9 Å². The molecule has 0 saturated carbocycles. The minimum atomic E-state index is -1.02. The van der Waals surface area contributed by atoms with Crippen LogP contribution < -0.4 is 4.74 Å². The number of carbonyl (C=O) groups excluding carboxylic acids is 1. The molecule has 1 aromatic carbocycles. The summed E-state index contributed by atoms with van der Waals surface area (Å²) in [6, 6.07) is 7.04. The van der Waals surface area contributed by atoms with Gasteiger partial charge in [0.2, 0.25) is 0 Å². The van der Waals surface area contributed by atoms with Gasteiger partial charge in [-0.3, -0.25) is 0 Å². The van der Waals surface area contributed by atoms with E-state index in [2.05, 4.69) is 9.72 Å². The van der Waals surface area contributed by atoms with Gasteiger partial charge in [0.15, 0.2) is 6.10 Å². The number of aliphatic carboxylic acids is 1. The molecule has 0 spiro atoms. The Morgan fingerprint density at radius 3 is 2.83 bits per heavy atom. The molecule has 1 atom stereocenters. The summed E-state index contributed by atoms with van der Waals surface area (Å²) in [4.78, 5) is 26.7. The average molecular weight is 333 g/mol. The van der Waals surface area contributed by atoms with E-state index in [1.54, 1.807) is 30.4 Å². The number of ether oxygens (including phenoxy) is 2. The van der Waals surface area contributed by atoms with Gasteiger partial charge in [0.25, 0.3) is 0 Å². The molecule has 2 rings (SSSR count). The van der Waals surface area contributed by atoms with Crippen LogP contribution in [-0.4, -0.2) is 35.2 Å². The molecule has 1 aromatic heterocycles. The van der Waals surface area contributed by atoms with E-state index in [1.807, 2.05) is 6.07 Å². The Morgan fingerprint density at radius 2 is 2.13 bits per heavy atom. The van der Waals surface area contributed by atoms with Crippen molar-refractivity contribution in [3.63, 3.8) is 0 Å². The summed E-state index contributed by atoms with van der Waals surface area (Å²) in [5, 5.41) is 9.51. The SMILES string of the molecule is COC(=O)c1cnc(/C=C\c2cccc(O[C@@H](C)C(=O)O)c2)s1. The van der Waals surface area contributed by atoms with Gasteiger partial charge in [-0.1, -0.05) is 18.2 Å². The van der Waals surface area contributed by atoms with Crippen LogP contribution in [0.1, 0.15) is 27.2 Å². The highest BCUT2D eigenvalue weighted by molar-refractivity contribution is 7.14. The van der Waals surface area contributed by atoms with Gasteiger partial charge in [0.05, 0.1) is 13.3 Å². The fourth-order valence-corrected chi connectivity index (χ4v) is 2.41. The molecule has 7 heteroatoms. The fraction of sp³-hybridized carbons (Fsp3) is 0.188. The fourth-order valence-electron chi connectivity index (χ4n) is 1.67. The minimum absolute atomic E-state index is 0.416. The summed E-state index contributed by atoms with van der Waals surface area (Å²) < 4.78 is 9.94. The van der Waals surface area contributed by atoms with Crippen molar-refractivity contribution in [1.29, 1.82) is 0 Å². The van der Waals surface area contributed by atoms with Crippen molar-refractivity contribution in [2.24, 2.45) is 0 Å². The summed E-state index contributed by atoms with van der Waals surface area (Å²) in [5.41, 5.74) is 0.829. The lowest BCUT2D eigenvalue weighted by molar-refractivity contribution is -0.144. The van der Waals surface area contributed by atoms with Crippen molar-refractivity contribution < 1.29 is 24.2 Å². The van der Waals surface area contributed by atoms with E-state index < -0.39 is 18.0 Å². The lowest BCUT2D eigenvalue weighted by Gasteiger charge is -2.10. The van der Waals surface area contributed by atoms with E-state index in [0.29, 0.717) is 15.6 Å². The Hall–Kier alpha value is -2.67. The molecule has 1 heterocycles. The second kappa shape index (κ2) is 7.55. The second-order valence-electron chi connectivity index (χ2n) is 4.56. The van der Waals surface area contributed by atoms with Gasteiger partial charge in [-0.2, -0.15) is 0 Å². The Kier molecular flexibility index (Phi) is 5.48. The largest absolute Gasteiger partial charge is 0.479 e. The maximum Gasteiger partial charge on any atom is 0.349 e. The Bertz CT molecular complexity index is 738. The van der Waals surface area contributed by atoms with E-state index >= 15 is 0 Å². The third-order valence-electron chi connectivity index (χ3n) is 2.85. The lowest BCUT2D eigenvalue weighted by atomic mass is 10.2. The van der Waals surface area contributed by atoms with E-state index in [4.69, 9.17) is 9.84 Å². The minimum Gasteiger partial charge on any atom is -0.479 e. The maximum absolute atomic E-state index is 11.4. The molecule has 0 aliphatic heterocycles. The molecule has 23 heavy (non-hydrogen) atoms. The maximum atomic E-state index is 11.4. The highest BCUT2D eigenvalue weighted by Crippen LogP contribution is 2.19. The summed E-state index contributed by atoms with van der Waals surface area (Å²) in [5.74, 6) is -0.972. The molecule has 0 aliphatic carbocycles. The molecular formula is C16H15NO5S. The Labute approximate surface area is 137 Å². The number of esters is 1. The van der Waals surface area contributed by atoms with Gasteiger partial charge in [-0.25, -0.2) is 14.6 Å². The van der Waals surface area contributed by atoms with Crippen LogP contribution in [0.2, 0.25) is 0 Å². The highest BCUT2D eigenvalue weighted by atomic mass is 32.1. The monoisotopic (exact) mass is 333 g/mol. The molecule has 0 radical (unpaired) electrons. The number of carboxylic acids is 1. The molecule has 1 N–H and O–H groups in total. The smallest absolute Gasteiger partial charge is 0.349 e. The molecule has 2 aromatic rings. The zero-order valence-electron chi connectivity index (χ0n) is 12.6. The quantitative estimate of drug-likeness (QED) is 0.818. The van der Waals surface area contributed by atoms with Crippen LogP contribution in [0.3, 0.4) is 0 Å². The van der Waals surface area contributed by atoms with Gasteiger partial charge in [-0.05, 0) is 30.7 Å². The topological polar surface area (TPSA) is 85.7 Å². The number of benzene rings is 1. The number of aromatic nitrogens is 1. The predicted molar refractivity (Wildman–Crippen MR) is 86.5 cm³/mol. The van der Waals surface area contributed by atoms with Crippen molar-refractivity contribution in [3.05, 3.63) is 45.9 Å². The van der Waals surface area contributed by atoms with Crippen molar-refractivity contribution in [2.75, 3.05) is 7.11 Å². The van der Waals surface area contributed by atoms with Crippen LogP contribution in [-0.2, 0) is 9.53 Å². The molecule has 0 aliphatic rings. The summed E-state index contributed by atoms with van der Waals surface area (Å²) in [7, 11) is 1.32. The zero-order valence-corrected chi connectivity index (χ0v) is 13.4. The number of carboxylic acid groups (broad SMARTS) is 1. The molecule has 0 fully saturated rings. The number of nitrogens with zero attached hydrogens (tertiary/aromatic N) is 1. The van der Waals surface area contributed by atoms with Crippen LogP contribution in [0, 0.1) is 0 Å². The van der Waals surface area contributed by atoms with Crippen molar-refractivity contribution in [2.45, 2.75) is 13.0 Å². The van der Waals surface area contributed by atoms with Gasteiger partial charge < -0.3 is 14.6 Å². The Balaban J connectivity index is 2.09. The first-order chi connectivity index (χ1) is 11.0. The molecule has 0 saturated heterocycles. The Morgan fingerprint density at radius 1 is 1.35 bits per heavy atom.